The van der Waals surface area contributed by atoms with Crippen LogP contribution in [0.15, 0.2) is 12.3 Å². The summed E-state index contributed by atoms with van der Waals surface area (Å²) in [4.78, 5) is 14.8. The molecule has 1 fully saturated rings. The highest BCUT2D eigenvalue weighted by Crippen LogP contribution is 2.34. The molecule has 0 bridgehead atoms. The van der Waals surface area contributed by atoms with Crippen LogP contribution in [0.5, 0.6) is 5.75 Å². The number of aryl methyl sites for hydroxylation is 1. The maximum absolute atomic E-state index is 5.57. The number of aromatic nitrogens is 2. The van der Waals surface area contributed by atoms with Crippen LogP contribution in [0.4, 0.5) is 0 Å². The van der Waals surface area contributed by atoms with Crippen molar-refractivity contribution >= 4 is 0 Å². The zero-order chi connectivity index (χ0) is 20.5. The van der Waals surface area contributed by atoms with E-state index < -0.39 is 0 Å². The Kier molecular flexibility index (Phi) is 5.88. The van der Waals surface area contributed by atoms with Crippen LogP contribution in [0.1, 0.15) is 64.6 Å². The van der Waals surface area contributed by atoms with E-state index in [1.807, 2.05) is 0 Å². The standard InChI is InChI=1S/C24H34N4O/c1-16-12-23(29-5)18(3)17(2)20(16)15-28-10-7-6-8-22(28)24-25-13-19-14-27(4)11-9-21(19)26-24/h12-13,22H,6-11,14-15H2,1-5H3. The van der Waals surface area contributed by atoms with Gasteiger partial charge in [0.1, 0.15) is 11.6 Å². The van der Waals surface area contributed by atoms with E-state index in [0.717, 1.165) is 50.6 Å². The summed E-state index contributed by atoms with van der Waals surface area (Å²) in [5, 5.41) is 0. The third kappa shape index (κ3) is 4.03. The highest BCUT2D eigenvalue weighted by molar-refractivity contribution is 5.48. The predicted molar refractivity (Wildman–Crippen MR) is 116 cm³/mol. The summed E-state index contributed by atoms with van der Waals surface area (Å²) in [7, 11) is 3.92. The summed E-state index contributed by atoms with van der Waals surface area (Å²) >= 11 is 0. The Morgan fingerprint density at radius 1 is 1.14 bits per heavy atom. The minimum atomic E-state index is 0.315. The third-order valence-corrected chi connectivity index (χ3v) is 6.84. The highest BCUT2D eigenvalue weighted by Gasteiger charge is 2.28. The normalized spacial score (nSPS) is 20.5. The molecular formula is C24H34N4O. The topological polar surface area (TPSA) is 41.5 Å². The van der Waals surface area contributed by atoms with Gasteiger partial charge in [0.15, 0.2) is 0 Å². The van der Waals surface area contributed by atoms with Crippen molar-refractivity contribution in [3.8, 4) is 5.75 Å². The van der Waals surface area contributed by atoms with E-state index in [-0.39, 0.29) is 0 Å². The number of ether oxygens (including phenoxy) is 1. The molecule has 1 aromatic carbocycles. The molecule has 1 atom stereocenters. The van der Waals surface area contributed by atoms with Gasteiger partial charge in [-0.25, -0.2) is 9.97 Å². The third-order valence-electron chi connectivity index (χ3n) is 6.84. The molecule has 5 nitrogen and oxygen atoms in total. The van der Waals surface area contributed by atoms with Gasteiger partial charge in [0.2, 0.25) is 0 Å². The number of nitrogens with zero attached hydrogens (tertiary/aromatic N) is 4. The first-order chi connectivity index (χ1) is 14.0. The molecule has 29 heavy (non-hydrogen) atoms. The van der Waals surface area contributed by atoms with Crippen molar-refractivity contribution in [2.45, 2.75) is 65.6 Å². The Bertz CT molecular complexity index is 895. The van der Waals surface area contributed by atoms with E-state index in [1.165, 1.54) is 46.4 Å². The van der Waals surface area contributed by atoms with Gasteiger partial charge < -0.3 is 9.64 Å². The Morgan fingerprint density at radius 3 is 2.76 bits per heavy atom. The Labute approximate surface area is 175 Å². The highest BCUT2D eigenvalue weighted by atomic mass is 16.5. The fourth-order valence-electron chi connectivity index (χ4n) is 4.86. The number of hydrogen-bond acceptors (Lipinski definition) is 5. The van der Waals surface area contributed by atoms with Gasteiger partial charge in [-0.1, -0.05) is 6.42 Å². The largest absolute Gasteiger partial charge is 0.496 e. The molecule has 1 aromatic heterocycles. The van der Waals surface area contributed by atoms with Crippen molar-refractivity contribution in [2.75, 3.05) is 27.2 Å². The van der Waals surface area contributed by atoms with Gasteiger partial charge in [-0.15, -0.1) is 0 Å². The number of methoxy groups -OCH3 is 1. The smallest absolute Gasteiger partial charge is 0.145 e. The molecule has 156 valence electrons. The maximum atomic E-state index is 5.57. The molecule has 1 unspecified atom stereocenters. The lowest BCUT2D eigenvalue weighted by Gasteiger charge is -2.36. The van der Waals surface area contributed by atoms with E-state index in [2.05, 4.69) is 49.9 Å². The molecule has 1 saturated heterocycles. The van der Waals surface area contributed by atoms with Crippen molar-refractivity contribution in [3.63, 3.8) is 0 Å². The van der Waals surface area contributed by atoms with Gasteiger partial charge in [0.05, 0.1) is 13.2 Å². The van der Waals surface area contributed by atoms with Crippen LogP contribution >= 0.6 is 0 Å². The first-order valence-corrected chi connectivity index (χ1v) is 10.9. The number of rotatable bonds is 4. The van der Waals surface area contributed by atoms with Gasteiger partial charge in [-0.05, 0) is 75.5 Å². The quantitative estimate of drug-likeness (QED) is 0.780. The molecule has 2 aromatic rings. The molecule has 0 saturated carbocycles. The van der Waals surface area contributed by atoms with Gasteiger partial charge in [-0.3, -0.25) is 4.90 Å². The van der Waals surface area contributed by atoms with Gasteiger partial charge >= 0.3 is 0 Å². The number of likely N-dealkylation sites (tertiary alicyclic amines) is 1. The van der Waals surface area contributed by atoms with E-state index in [0.29, 0.717) is 6.04 Å². The average Bonchev–Trinajstić information content (AvgIpc) is 2.73. The fraction of sp³-hybridized carbons (Fsp3) is 0.583. The molecule has 0 amide bonds. The number of likely N-dealkylation sites (N-methyl/N-ethyl adjacent to an activating group) is 1. The van der Waals surface area contributed by atoms with Crippen molar-refractivity contribution in [3.05, 3.63) is 51.6 Å². The van der Waals surface area contributed by atoms with Crippen molar-refractivity contribution < 1.29 is 4.74 Å². The summed E-state index contributed by atoms with van der Waals surface area (Å²) in [5.74, 6) is 2.01. The Balaban J connectivity index is 1.62. The molecule has 5 heteroatoms. The van der Waals surface area contributed by atoms with Crippen LogP contribution in [0.3, 0.4) is 0 Å². The zero-order valence-electron chi connectivity index (χ0n) is 18.6. The molecule has 0 aliphatic carbocycles. The first-order valence-electron chi connectivity index (χ1n) is 10.9. The second kappa shape index (κ2) is 8.41. The first kappa shape index (κ1) is 20.3. The van der Waals surface area contributed by atoms with Crippen LogP contribution in [0, 0.1) is 20.8 Å². The average molecular weight is 395 g/mol. The summed E-state index contributed by atoms with van der Waals surface area (Å²) in [6.07, 6.45) is 6.76. The number of fused-ring (bicyclic) bond motifs is 1. The van der Waals surface area contributed by atoms with Crippen molar-refractivity contribution in [1.29, 1.82) is 0 Å². The lowest BCUT2D eigenvalue weighted by Crippen LogP contribution is -2.35. The van der Waals surface area contributed by atoms with Crippen molar-refractivity contribution in [2.24, 2.45) is 0 Å². The van der Waals surface area contributed by atoms with Crippen LogP contribution < -0.4 is 4.74 Å². The number of benzene rings is 1. The Hall–Kier alpha value is -1.98. The number of hydrogen-bond donors (Lipinski definition) is 0. The minimum absolute atomic E-state index is 0.315. The number of piperidine rings is 1. The lowest BCUT2D eigenvalue weighted by molar-refractivity contribution is 0.132. The van der Waals surface area contributed by atoms with Gasteiger partial charge in [0.25, 0.3) is 0 Å². The minimum Gasteiger partial charge on any atom is -0.496 e. The summed E-state index contributed by atoms with van der Waals surface area (Å²) in [6, 6.07) is 2.50. The maximum Gasteiger partial charge on any atom is 0.145 e. The van der Waals surface area contributed by atoms with Crippen LogP contribution in [-0.4, -0.2) is 47.0 Å². The van der Waals surface area contributed by atoms with Crippen LogP contribution in [-0.2, 0) is 19.5 Å². The summed E-state index contributed by atoms with van der Waals surface area (Å²) < 4.78 is 5.57. The molecule has 2 aliphatic rings. The van der Waals surface area contributed by atoms with Crippen molar-refractivity contribution in [1.82, 2.24) is 19.8 Å². The molecular weight excluding hydrogens is 360 g/mol. The fourth-order valence-corrected chi connectivity index (χ4v) is 4.86. The van der Waals surface area contributed by atoms with Gasteiger partial charge in [0, 0.05) is 43.5 Å². The lowest BCUT2D eigenvalue weighted by atomic mass is 9.94. The second-order valence-corrected chi connectivity index (χ2v) is 8.79. The molecule has 2 aliphatic heterocycles. The monoisotopic (exact) mass is 394 g/mol. The molecule has 0 N–H and O–H groups in total. The summed E-state index contributed by atoms with van der Waals surface area (Å²) in [5.41, 5.74) is 7.88. The SMILES string of the molecule is COc1cc(C)c(CN2CCCCC2c2ncc3c(n2)CCN(C)C3)c(C)c1C. The van der Waals surface area contributed by atoms with E-state index in [1.54, 1.807) is 7.11 Å². The van der Waals surface area contributed by atoms with Gasteiger partial charge in [-0.2, -0.15) is 0 Å². The summed E-state index contributed by atoms with van der Waals surface area (Å²) in [6.45, 7) is 10.7. The molecule has 3 heterocycles. The Morgan fingerprint density at radius 2 is 1.97 bits per heavy atom. The molecule has 4 rings (SSSR count). The second-order valence-electron chi connectivity index (χ2n) is 8.79. The van der Waals surface area contributed by atoms with E-state index in [9.17, 15) is 0 Å². The molecule has 0 radical (unpaired) electrons. The predicted octanol–water partition coefficient (Wildman–Crippen LogP) is 4.13. The van der Waals surface area contributed by atoms with E-state index >= 15 is 0 Å². The molecule has 0 spiro atoms. The van der Waals surface area contributed by atoms with Crippen LogP contribution in [0.25, 0.3) is 0 Å². The van der Waals surface area contributed by atoms with Crippen LogP contribution in [0.2, 0.25) is 0 Å². The zero-order valence-corrected chi connectivity index (χ0v) is 18.6. The van der Waals surface area contributed by atoms with E-state index in [4.69, 9.17) is 14.7 Å².